The van der Waals surface area contributed by atoms with Crippen LogP contribution in [0.15, 0.2) is 18.2 Å². The number of nitrogens with zero attached hydrogens (tertiary/aromatic N) is 2. The van der Waals surface area contributed by atoms with Gasteiger partial charge in [-0.2, -0.15) is 5.26 Å². The van der Waals surface area contributed by atoms with Gasteiger partial charge in [0.2, 0.25) is 0 Å². The Morgan fingerprint density at radius 3 is 3.12 bits per heavy atom. The maximum absolute atomic E-state index is 9.14. The molecule has 0 spiro atoms. The molecular formula is C13H16N2O2. The van der Waals surface area contributed by atoms with E-state index in [4.69, 9.17) is 15.1 Å². The van der Waals surface area contributed by atoms with Gasteiger partial charge >= 0.3 is 0 Å². The minimum Gasteiger partial charge on any atom is -0.394 e. The predicted molar refractivity (Wildman–Crippen MR) is 64.9 cm³/mol. The Morgan fingerprint density at radius 1 is 1.59 bits per heavy atom. The van der Waals surface area contributed by atoms with Crippen molar-refractivity contribution >= 4 is 5.69 Å². The lowest BCUT2D eigenvalue weighted by Gasteiger charge is -2.35. The van der Waals surface area contributed by atoms with Crippen LogP contribution in [0.5, 0.6) is 0 Å². The Labute approximate surface area is 101 Å². The zero-order chi connectivity index (χ0) is 12.3. The lowest BCUT2D eigenvalue weighted by Crippen LogP contribution is -2.44. The van der Waals surface area contributed by atoms with E-state index in [9.17, 15) is 0 Å². The van der Waals surface area contributed by atoms with Crippen LogP contribution in [0.2, 0.25) is 0 Å². The highest BCUT2D eigenvalue weighted by atomic mass is 16.5. The summed E-state index contributed by atoms with van der Waals surface area (Å²) in [5, 5.41) is 18.3. The second kappa shape index (κ2) is 5.17. The molecule has 17 heavy (non-hydrogen) atoms. The van der Waals surface area contributed by atoms with Crippen molar-refractivity contribution in [1.82, 2.24) is 0 Å². The summed E-state index contributed by atoms with van der Waals surface area (Å²) in [5.41, 5.74) is 2.74. The molecule has 1 fully saturated rings. The zero-order valence-corrected chi connectivity index (χ0v) is 9.89. The van der Waals surface area contributed by atoms with Crippen LogP contribution in [-0.2, 0) is 4.74 Å². The average molecular weight is 232 g/mol. The third-order valence-electron chi connectivity index (χ3n) is 3.02. The minimum absolute atomic E-state index is 0.0181. The maximum atomic E-state index is 9.14. The molecule has 1 heterocycles. The van der Waals surface area contributed by atoms with Crippen molar-refractivity contribution in [1.29, 1.82) is 5.26 Å². The fraction of sp³-hybridized carbons (Fsp3) is 0.462. The van der Waals surface area contributed by atoms with Gasteiger partial charge in [0.05, 0.1) is 30.6 Å². The largest absolute Gasteiger partial charge is 0.394 e. The molecule has 0 aliphatic carbocycles. The van der Waals surface area contributed by atoms with Gasteiger partial charge in [-0.25, -0.2) is 0 Å². The van der Waals surface area contributed by atoms with E-state index in [0.717, 1.165) is 17.8 Å². The molecule has 0 bridgehead atoms. The fourth-order valence-electron chi connectivity index (χ4n) is 2.20. The van der Waals surface area contributed by atoms with Crippen molar-refractivity contribution in [3.05, 3.63) is 29.3 Å². The zero-order valence-electron chi connectivity index (χ0n) is 9.89. The summed E-state index contributed by atoms with van der Waals surface area (Å²) in [6, 6.07) is 7.94. The lowest BCUT2D eigenvalue weighted by atomic mass is 10.1. The molecule has 4 heteroatoms. The normalized spacial score (nSPS) is 20.1. The second-order valence-corrected chi connectivity index (χ2v) is 4.20. The summed E-state index contributed by atoms with van der Waals surface area (Å²) in [5.74, 6) is 0. The van der Waals surface area contributed by atoms with E-state index in [1.165, 1.54) is 0 Å². The summed E-state index contributed by atoms with van der Waals surface area (Å²) < 4.78 is 5.42. The number of nitriles is 1. The highest BCUT2D eigenvalue weighted by molar-refractivity contribution is 5.64. The highest BCUT2D eigenvalue weighted by Crippen LogP contribution is 2.26. The molecule has 2 rings (SSSR count). The standard InChI is InChI=1S/C13H16N2O2/c1-10-3-2-4-11(7-14)13(10)15-5-6-17-12(8-15)9-16/h2-4,12,16H,5-6,8-9H2,1H3. The number of aliphatic hydroxyl groups is 1. The maximum Gasteiger partial charge on any atom is 0.101 e. The second-order valence-electron chi connectivity index (χ2n) is 4.20. The molecule has 0 saturated carbocycles. The molecule has 1 aromatic carbocycles. The molecule has 4 nitrogen and oxygen atoms in total. The number of anilines is 1. The van der Waals surface area contributed by atoms with Gasteiger partial charge in [0.15, 0.2) is 0 Å². The van der Waals surface area contributed by atoms with E-state index in [0.29, 0.717) is 18.7 Å². The van der Waals surface area contributed by atoms with E-state index in [2.05, 4.69) is 11.0 Å². The molecular weight excluding hydrogens is 216 g/mol. The van der Waals surface area contributed by atoms with Crippen LogP contribution >= 0.6 is 0 Å². The average Bonchev–Trinajstić information content (AvgIpc) is 2.38. The van der Waals surface area contributed by atoms with E-state index in [1.807, 2.05) is 25.1 Å². The van der Waals surface area contributed by atoms with Gasteiger partial charge in [0.25, 0.3) is 0 Å². The van der Waals surface area contributed by atoms with Gasteiger partial charge in [0.1, 0.15) is 6.07 Å². The number of aliphatic hydroxyl groups excluding tert-OH is 1. The molecule has 1 aromatic rings. The van der Waals surface area contributed by atoms with Crippen LogP contribution in [0.3, 0.4) is 0 Å². The molecule has 1 aliphatic rings. The SMILES string of the molecule is Cc1cccc(C#N)c1N1CCOC(CO)C1. The van der Waals surface area contributed by atoms with Crippen LogP contribution in [-0.4, -0.2) is 37.5 Å². The van der Waals surface area contributed by atoms with Crippen molar-refractivity contribution in [2.24, 2.45) is 0 Å². The van der Waals surface area contributed by atoms with Gasteiger partial charge in [0, 0.05) is 13.1 Å². The first kappa shape index (κ1) is 11.9. The van der Waals surface area contributed by atoms with Crippen LogP contribution in [0.25, 0.3) is 0 Å². The molecule has 0 amide bonds. The van der Waals surface area contributed by atoms with Crippen molar-refractivity contribution < 1.29 is 9.84 Å². The van der Waals surface area contributed by atoms with Crippen LogP contribution in [0, 0.1) is 18.3 Å². The summed E-state index contributed by atoms with van der Waals surface area (Å²) >= 11 is 0. The number of hydrogen-bond acceptors (Lipinski definition) is 4. The molecule has 1 N–H and O–H groups in total. The Hall–Kier alpha value is -1.57. The van der Waals surface area contributed by atoms with Gasteiger partial charge in [-0.1, -0.05) is 12.1 Å². The van der Waals surface area contributed by atoms with E-state index in [-0.39, 0.29) is 12.7 Å². The van der Waals surface area contributed by atoms with Gasteiger partial charge < -0.3 is 14.7 Å². The Kier molecular flexibility index (Phi) is 3.62. The summed E-state index contributed by atoms with van der Waals surface area (Å²) in [6.07, 6.45) is -0.158. The third kappa shape index (κ3) is 2.41. The van der Waals surface area contributed by atoms with E-state index < -0.39 is 0 Å². The van der Waals surface area contributed by atoms with Gasteiger partial charge in [-0.05, 0) is 18.6 Å². The van der Waals surface area contributed by atoms with Crippen LogP contribution < -0.4 is 4.90 Å². The van der Waals surface area contributed by atoms with Gasteiger partial charge in [-0.15, -0.1) is 0 Å². The number of para-hydroxylation sites is 1. The quantitative estimate of drug-likeness (QED) is 0.828. The molecule has 1 saturated heterocycles. The van der Waals surface area contributed by atoms with Crippen molar-refractivity contribution in [3.63, 3.8) is 0 Å². The van der Waals surface area contributed by atoms with Crippen LogP contribution in [0.1, 0.15) is 11.1 Å². The first-order chi connectivity index (χ1) is 8.26. The lowest BCUT2D eigenvalue weighted by molar-refractivity contribution is 0.00353. The molecule has 1 unspecified atom stereocenters. The number of ether oxygens (including phenoxy) is 1. The third-order valence-corrected chi connectivity index (χ3v) is 3.02. The van der Waals surface area contributed by atoms with Gasteiger partial charge in [-0.3, -0.25) is 0 Å². The highest BCUT2D eigenvalue weighted by Gasteiger charge is 2.22. The molecule has 0 radical (unpaired) electrons. The van der Waals surface area contributed by atoms with E-state index >= 15 is 0 Å². The first-order valence-corrected chi connectivity index (χ1v) is 5.73. The van der Waals surface area contributed by atoms with Crippen molar-refractivity contribution in [2.75, 3.05) is 31.2 Å². The number of aryl methyl sites for hydroxylation is 1. The van der Waals surface area contributed by atoms with E-state index in [1.54, 1.807) is 0 Å². The number of morpholine rings is 1. The Morgan fingerprint density at radius 2 is 2.41 bits per heavy atom. The minimum atomic E-state index is -0.158. The summed E-state index contributed by atoms with van der Waals surface area (Å²) in [7, 11) is 0. The number of benzene rings is 1. The summed E-state index contributed by atoms with van der Waals surface area (Å²) in [6.45, 7) is 4.00. The molecule has 1 atom stereocenters. The monoisotopic (exact) mass is 232 g/mol. The fourth-order valence-corrected chi connectivity index (χ4v) is 2.20. The topological polar surface area (TPSA) is 56.5 Å². The molecule has 0 aromatic heterocycles. The van der Waals surface area contributed by atoms with Crippen LogP contribution in [0.4, 0.5) is 5.69 Å². The predicted octanol–water partition coefficient (Wildman–Crippen LogP) is 1.06. The number of hydrogen-bond donors (Lipinski definition) is 1. The van der Waals surface area contributed by atoms with Crippen molar-refractivity contribution in [2.45, 2.75) is 13.0 Å². The molecule has 1 aliphatic heterocycles. The molecule has 90 valence electrons. The Balaban J connectivity index is 2.30. The van der Waals surface area contributed by atoms with Crippen molar-refractivity contribution in [3.8, 4) is 6.07 Å². The first-order valence-electron chi connectivity index (χ1n) is 5.73. The smallest absolute Gasteiger partial charge is 0.101 e. The summed E-state index contributed by atoms with van der Waals surface area (Å²) in [4.78, 5) is 2.12. The number of rotatable bonds is 2. The Bertz CT molecular complexity index is 440.